The van der Waals surface area contributed by atoms with Gasteiger partial charge in [-0.05, 0) is 56.2 Å². The van der Waals surface area contributed by atoms with Gasteiger partial charge in [0.15, 0.2) is 11.6 Å². The Kier molecular flexibility index (Phi) is 6.65. The van der Waals surface area contributed by atoms with Crippen molar-refractivity contribution in [2.45, 2.75) is 39.5 Å². The first-order valence-electron chi connectivity index (χ1n) is 9.87. The summed E-state index contributed by atoms with van der Waals surface area (Å²) < 4.78 is 35.4. The second-order valence-corrected chi connectivity index (χ2v) is 7.71. The number of carbonyl (C=O) groups excluding carboxylic acids is 2. The normalized spacial score (nSPS) is 12.2. The molecule has 1 aromatic heterocycles. The van der Waals surface area contributed by atoms with E-state index in [1.54, 1.807) is 13.8 Å². The Labute approximate surface area is 183 Å². The van der Waals surface area contributed by atoms with Crippen molar-refractivity contribution in [3.8, 4) is 5.75 Å². The number of rotatable bonds is 6. The molecule has 1 N–H and O–H groups in total. The van der Waals surface area contributed by atoms with Crippen LogP contribution < -0.4 is 0 Å². The Morgan fingerprint density at radius 2 is 1.94 bits per heavy atom. The van der Waals surface area contributed by atoms with Crippen molar-refractivity contribution < 1.29 is 28.2 Å². The molecule has 0 radical (unpaired) electrons. The van der Waals surface area contributed by atoms with Gasteiger partial charge in [0, 0.05) is 16.6 Å². The topological polar surface area (TPSA) is 68.5 Å². The number of esters is 1. The zero-order valence-corrected chi connectivity index (χ0v) is 18.1. The number of hydrogen-bond acceptors (Lipinski definition) is 4. The van der Waals surface area contributed by atoms with E-state index >= 15 is 0 Å². The van der Waals surface area contributed by atoms with Crippen molar-refractivity contribution in [3.05, 3.63) is 63.8 Å². The van der Waals surface area contributed by atoms with Crippen LogP contribution in [0.5, 0.6) is 5.75 Å². The zero-order valence-electron chi connectivity index (χ0n) is 17.3. The lowest BCUT2D eigenvalue weighted by Crippen LogP contribution is -2.17. The number of aromatic nitrogens is 1. The number of benzene rings is 2. The van der Waals surface area contributed by atoms with Crippen molar-refractivity contribution in [1.82, 2.24) is 4.57 Å². The number of fused-ring (bicyclic) bond motifs is 1. The van der Waals surface area contributed by atoms with Crippen molar-refractivity contribution in [2.75, 3.05) is 6.61 Å². The fourth-order valence-corrected chi connectivity index (χ4v) is 3.71. The molecule has 0 saturated carbocycles. The molecular formula is C23H22ClF2NO4. The number of unbranched alkanes of at least 4 members (excludes halogenated alkanes) is 1. The van der Waals surface area contributed by atoms with Crippen molar-refractivity contribution in [3.63, 3.8) is 0 Å². The summed E-state index contributed by atoms with van der Waals surface area (Å²) in [5, 5.41) is 9.72. The van der Waals surface area contributed by atoms with Crippen LogP contribution in [-0.2, 0) is 9.53 Å². The van der Waals surface area contributed by atoms with E-state index < -0.39 is 35.2 Å². The van der Waals surface area contributed by atoms with Crippen LogP contribution in [0.15, 0.2) is 30.3 Å². The Bertz CT molecular complexity index is 1170. The predicted octanol–water partition coefficient (Wildman–Crippen LogP) is 5.72. The van der Waals surface area contributed by atoms with Gasteiger partial charge in [0.25, 0.3) is 5.91 Å². The van der Waals surface area contributed by atoms with E-state index in [-0.39, 0.29) is 33.7 Å². The second kappa shape index (κ2) is 9.06. The first kappa shape index (κ1) is 22.7. The minimum atomic E-state index is -0.947. The fraction of sp³-hybridized carbons (Fsp3) is 0.304. The van der Waals surface area contributed by atoms with E-state index in [0.717, 1.165) is 18.6 Å². The van der Waals surface area contributed by atoms with Crippen LogP contribution in [0.1, 0.15) is 54.2 Å². The second-order valence-electron chi connectivity index (χ2n) is 7.30. The smallest absolute Gasteiger partial charge is 0.313 e. The first-order chi connectivity index (χ1) is 14.7. The fourth-order valence-electron chi connectivity index (χ4n) is 3.59. The van der Waals surface area contributed by atoms with Gasteiger partial charge >= 0.3 is 5.97 Å². The van der Waals surface area contributed by atoms with E-state index in [1.807, 2.05) is 6.92 Å². The highest BCUT2D eigenvalue weighted by atomic mass is 35.5. The molecule has 1 atom stereocenters. The van der Waals surface area contributed by atoms with Gasteiger partial charge in [-0.25, -0.2) is 8.78 Å². The number of aromatic hydroxyl groups is 1. The summed E-state index contributed by atoms with van der Waals surface area (Å²) in [6, 6.07) is 6.11. The van der Waals surface area contributed by atoms with Crippen LogP contribution in [0.4, 0.5) is 8.78 Å². The third-order valence-corrected chi connectivity index (χ3v) is 5.54. The highest BCUT2D eigenvalue weighted by Crippen LogP contribution is 2.37. The molecule has 0 aliphatic heterocycles. The maximum absolute atomic E-state index is 15.0. The Hall–Kier alpha value is -2.93. The monoisotopic (exact) mass is 449 g/mol. The lowest BCUT2D eigenvalue weighted by atomic mass is 9.97. The number of phenols is 1. The summed E-state index contributed by atoms with van der Waals surface area (Å²) in [6.07, 6.45) is 1.53. The van der Waals surface area contributed by atoms with Crippen LogP contribution in [0.3, 0.4) is 0 Å². The third kappa shape index (κ3) is 4.14. The molecule has 0 fully saturated rings. The average molecular weight is 450 g/mol. The summed E-state index contributed by atoms with van der Waals surface area (Å²) in [6.45, 7) is 5.30. The maximum atomic E-state index is 15.0. The summed E-state index contributed by atoms with van der Waals surface area (Å²) in [5.41, 5.74) is 0.670. The summed E-state index contributed by atoms with van der Waals surface area (Å²) in [5.74, 6) is -4.41. The van der Waals surface area contributed by atoms with E-state index in [0.29, 0.717) is 12.1 Å². The Morgan fingerprint density at radius 1 is 1.23 bits per heavy atom. The maximum Gasteiger partial charge on any atom is 0.313 e. The number of ether oxygens (including phenoxy) is 1. The molecule has 8 heteroatoms. The molecule has 3 rings (SSSR count). The molecule has 31 heavy (non-hydrogen) atoms. The van der Waals surface area contributed by atoms with Crippen LogP contribution in [-0.4, -0.2) is 28.2 Å². The highest BCUT2D eigenvalue weighted by Gasteiger charge is 2.30. The number of carbonyl (C=O) groups is 2. The number of phenolic OH excluding ortho intramolecular Hbond substituents is 1. The molecule has 0 amide bonds. The molecule has 0 bridgehead atoms. The third-order valence-electron chi connectivity index (χ3n) is 5.23. The van der Waals surface area contributed by atoms with Gasteiger partial charge in [-0.2, -0.15) is 0 Å². The molecule has 0 aliphatic carbocycles. The molecule has 3 aromatic rings. The van der Waals surface area contributed by atoms with E-state index in [2.05, 4.69) is 0 Å². The average Bonchev–Trinajstić information content (AvgIpc) is 3.04. The summed E-state index contributed by atoms with van der Waals surface area (Å²) in [7, 11) is 0. The molecule has 0 unspecified atom stereocenters. The molecule has 2 aromatic carbocycles. The van der Waals surface area contributed by atoms with Crippen LogP contribution in [0.25, 0.3) is 10.9 Å². The highest BCUT2D eigenvalue weighted by molar-refractivity contribution is 6.30. The standard InChI is InChI=1S/C23H22ClF2NO4/c1-4-5-10-31-23(30)12(2)19-13(3)27(17-8-9-18(28)21(26)20(17)19)22(29)14-6-7-15(24)16(25)11-14/h6-9,11-12,28H,4-5,10H2,1-3H3/t12-/m0/s1. The molecule has 5 nitrogen and oxygen atoms in total. The van der Waals surface area contributed by atoms with Gasteiger partial charge in [-0.3, -0.25) is 14.2 Å². The van der Waals surface area contributed by atoms with Crippen LogP contribution in [0.2, 0.25) is 5.02 Å². The predicted molar refractivity (Wildman–Crippen MR) is 114 cm³/mol. The lowest BCUT2D eigenvalue weighted by molar-refractivity contribution is -0.145. The van der Waals surface area contributed by atoms with Gasteiger partial charge in [0.05, 0.1) is 23.1 Å². The van der Waals surface area contributed by atoms with E-state index in [9.17, 15) is 23.5 Å². The number of hydrogen-bond donors (Lipinski definition) is 1. The van der Waals surface area contributed by atoms with Gasteiger partial charge in [-0.1, -0.05) is 24.9 Å². The SMILES string of the molecule is CCCCOC(=O)[C@@H](C)c1c(C)n(C(=O)c2ccc(Cl)c(F)c2)c2ccc(O)c(F)c12. The van der Waals surface area contributed by atoms with Gasteiger partial charge in [0.1, 0.15) is 5.82 Å². The minimum absolute atomic E-state index is 0.000101. The zero-order chi connectivity index (χ0) is 22.9. The van der Waals surface area contributed by atoms with Gasteiger partial charge < -0.3 is 9.84 Å². The number of nitrogens with zero attached hydrogens (tertiary/aromatic N) is 1. The largest absolute Gasteiger partial charge is 0.505 e. The quantitative estimate of drug-likeness (QED) is 0.386. The molecule has 164 valence electrons. The molecule has 1 heterocycles. The van der Waals surface area contributed by atoms with Crippen molar-refractivity contribution >= 4 is 34.4 Å². The van der Waals surface area contributed by atoms with Gasteiger partial charge in [-0.15, -0.1) is 0 Å². The molecule has 0 saturated heterocycles. The van der Waals surface area contributed by atoms with E-state index in [1.165, 1.54) is 22.8 Å². The lowest BCUT2D eigenvalue weighted by Gasteiger charge is -2.13. The van der Waals surface area contributed by atoms with Crippen LogP contribution in [0, 0.1) is 18.6 Å². The molecular weight excluding hydrogens is 428 g/mol. The summed E-state index contributed by atoms with van der Waals surface area (Å²) in [4.78, 5) is 25.8. The van der Waals surface area contributed by atoms with Crippen molar-refractivity contribution in [1.29, 1.82) is 0 Å². The van der Waals surface area contributed by atoms with Gasteiger partial charge in [0.2, 0.25) is 0 Å². The van der Waals surface area contributed by atoms with Crippen molar-refractivity contribution in [2.24, 2.45) is 0 Å². The van der Waals surface area contributed by atoms with Crippen LogP contribution >= 0.6 is 11.6 Å². The van der Waals surface area contributed by atoms with E-state index in [4.69, 9.17) is 16.3 Å². The minimum Gasteiger partial charge on any atom is -0.505 e. The first-order valence-corrected chi connectivity index (χ1v) is 10.3. The Morgan fingerprint density at radius 3 is 2.58 bits per heavy atom. The Balaban J connectivity index is 2.18. The number of halogens is 3. The molecule has 0 aliphatic rings. The molecule has 0 spiro atoms. The summed E-state index contributed by atoms with van der Waals surface area (Å²) >= 11 is 5.71.